The molecule has 0 unspecified atom stereocenters. The highest BCUT2D eigenvalue weighted by atomic mass is 35.5. The van der Waals surface area contributed by atoms with Crippen molar-refractivity contribution < 1.29 is 26.4 Å². The molecule has 0 heterocycles. The number of sulfonamides is 1. The molecule has 174 valence electrons. The van der Waals surface area contributed by atoms with Gasteiger partial charge in [-0.1, -0.05) is 23.7 Å². The van der Waals surface area contributed by atoms with Crippen LogP contribution in [0.2, 0.25) is 5.02 Å². The average molecular weight is 490 g/mol. The third-order valence-electron chi connectivity index (χ3n) is 5.50. The van der Waals surface area contributed by atoms with E-state index in [1.165, 1.54) is 6.07 Å². The summed E-state index contributed by atoms with van der Waals surface area (Å²) in [5.41, 5.74) is -0.698. The Morgan fingerprint density at radius 3 is 2.38 bits per heavy atom. The van der Waals surface area contributed by atoms with Crippen LogP contribution < -0.4 is 15.8 Å². The second-order valence-corrected chi connectivity index (χ2v) is 9.74. The summed E-state index contributed by atoms with van der Waals surface area (Å²) in [6, 6.07) is 8.87. The summed E-state index contributed by atoms with van der Waals surface area (Å²) >= 11 is 5.94. The van der Waals surface area contributed by atoms with Gasteiger partial charge in [-0.25, -0.2) is 13.6 Å². The highest BCUT2D eigenvalue weighted by Gasteiger charge is 2.32. The number of anilines is 1. The normalized spacial score (nSPS) is 19.4. The largest absolute Gasteiger partial charge is 0.416 e. The Morgan fingerprint density at radius 2 is 1.75 bits per heavy atom. The standard InChI is InChI=1S/C21H23ClF3N3O3S/c22-17-10-7-14(21(23,24)25)11-16(17)20(29)28-15-8-5-13(6-9-15)12-27-18-3-1-2-4-19(18)32(26,30)31/h1-4,7,10-11,13,15,27H,5-6,8-9,12H2,(H,28,29)(H2,26,30,31). The molecule has 0 radical (unpaired) electrons. The lowest BCUT2D eigenvalue weighted by Crippen LogP contribution is -2.38. The molecule has 32 heavy (non-hydrogen) atoms. The number of amides is 1. The Balaban J connectivity index is 1.54. The maximum Gasteiger partial charge on any atom is 0.416 e. The van der Waals surface area contributed by atoms with Crippen molar-refractivity contribution in [3.8, 4) is 0 Å². The highest BCUT2D eigenvalue weighted by Crippen LogP contribution is 2.32. The lowest BCUT2D eigenvalue weighted by atomic mass is 9.86. The summed E-state index contributed by atoms with van der Waals surface area (Å²) in [5.74, 6) is -0.390. The lowest BCUT2D eigenvalue weighted by molar-refractivity contribution is -0.137. The Bertz CT molecular complexity index is 1090. The van der Waals surface area contributed by atoms with Gasteiger partial charge in [0.1, 0.15) is 4.90 Å². The first-order valence-corrected chi connectivity index (χ1v) is 11.9. The van der Waals surface area contributed by atoms with E-state index >= 15 is 0 Å². The fourth-order valence-electron chi connectivity index (χ4n) is 3.76. The number of para-hydroxylation sites is 1. The van der Waals surface area contributed by atoms with E-state index in [2.05, 4.69) is 10.6 Å². The van der Waals surface area contributed by atoms with Crippen LogP contribution in [0, 0.1) is 5.92 Å². The molecule has 0 aromatic heterocycles. The van der Waals surface area contributed by atoms with Crippen LogP contribution in [0.25, 0.3) is 0 Å². The van der Waals surface area contributed by atoms with E-state index < -0.39 is 27.7 Å². The van der Waals surface area contributed by atoms with Gasteiger partial charge in [-0.2, -0.15) is 13.2 Å². The monoisotopic (exact) mass is 489 g/mol. The number of rotatable bonds is 6. The number of carbonyl (C=O) groups excluding carboxylic acids is 1. The molecule has 1 amide bonds. The maximum absolute atomic E-state index is 12.9. The van der Waals surface area contributed by atoms with E-state index in [0.29, 0.717) is 25.1 Å². The minimum Gasteiger partial charge on any atom is -0.384 e. The van der Waals surface area contributed by atoms with E-state index in [-0.39, 0.29) is 27.4 Å². The number of hydrogen-bond donors (Lipinski definition) is 3. The van der Waals surface area contributed by atoms with E-state index in [1.807, 2.05) is 0 Å². The molecular weight excluding hydrogens is 467 g/mol. The van der Waals surface area contributed by atoms with Gasteiger partial charge in [-0.15, -0.1) is 0 Å². The maximum atomic E-state index is 12.9. The second kappa shape index (κ2) is 9.68. The van der Waals surface area contributed by atoms with Crippen LogP contribution in [0.4, 0.5) is 18.9 Å². The first-order chi connectivity index (χ1) is 14.9. The summed E-state index contributed by atoms with van der Waals surface area (Å²) in [6.45, 7) is 0.534. The van der Waals surface area contributed by atoms with Crippen molar-refractivity contribution in [1.29, 1.82) is 0 Å². The number of alkyl halides is 3. The van der Waals surface area contributed by atoms with Gasteiger partial charge in [0.05, 0.1) is 21.8 Å². The predicted octanol–water partition coefficient (Wildman–Crippen LogP) is 4.41. The number of benzene rings is 2. The van der Waals surface area contributed by atoms with Crippen LogP contribution in [0.3, 0.4) is 0 Å². The number of primary sulfonamides is 1. The minimum absolute atomic E-state index is 0.0268. The van der Waals surface area contributed by atoms with Crippen molar-refractivity contribution in [3.05, 3.63) is 58.6 Å². The van der Waals surface area contributed by atoms with Crippen LogP contribution >= 0.6 is 11.6 Å². The molecule has 6 nitrogen and oxygen atoms in total. The zero-order chi connectivity index (χ0) is 23.5. The van der Waals surface area contributed by atoms with Crippen molar-refractivity contribution in [2.24, 2.45) is 11.1 Å². The smallest absolute Gasteiger partial charge is 0.384 e. The van der Waals surface area contributed by atoms with Gasteiger partial charge >= 0.3 is 6.18 Å². The Morgan fingerprint density at radius 1 is 1.09 bits per heavy atom. The molecule has 1 aliphatic carbocycles. The van der Waals surface area contributed by atoms with Crippen LogP contribution in [0.5, 0.6) is 0 Å². The Hall–Kier alpha value is -2.30. The van der Waals surface area contributed by atoms with Crippen LogP contribution in [-0.4, -0.2) is 26.9 Å². The third-order valence-corrected chi connectivity index (χ3v) is 6.79. The summed E-state index contributed by atoms with van der Waals surface area (Å²) in [5, 5.41) is 11.1. The number of carbonyl (C=O) groups is 1. The minimum atomic E-state index is -4.56. The van der Waals surface area contributed by atoms with Gasteiger partial charge < -0.3 is 10.6 Å². The zero-order valence-corrected chi connectivity index (χ0v) is 18.5. The van der Waals surface area contributed by atoms with E-state index in [9.17, 15) is 26.4 Å². The third kappa shape index (κ3) is 6.14. The van der Waals surface area contributed by atoms with Gasteiger partial charge in [0.2, 0.25) is 10.0 Å². The molecular formula is C21H23ClF3N3O3S. The molecule has 1 fully saturated rings. The molecule has 0 atom stereocenters. The van der Waals surface area contributed by atoms with Gasteiger partial charge in [-0.05, 0) is 61.9 Å². The molecule has 0 aliphatic heterocycles. The SMILES string of the molecule is NS(=O)(=O)c1ccccc1NCC1CCC(NC(=O)c2cc(C(F)(F)F)ccc2Cl)CC1. The number of nitrogens with two attached hydrogens (primary N) is 1. The summed E-state index contributed by atoms with van der Waals surface area (Å²) in [4.78, 5) is 12.5. The van der Waals surface area contributed by atoms with Crippen molar-refractivity contribution >= 4 is 33.2 Å². The fraction of sp³-hybridized carbons (Fsp3) is 0.381. The van der Waals surface area contributed by atoms with Gasteiger partial charge in [-0.3, -0.25) is 4.79 Å². The number of hydrogen-bond acceptors (Lipinski definition) is 4. The Labute approximate surface area is 189 Å². The van der Waals surface area contributed by atoms with Crippen molar-refractivity contribution in [1.82, 2.24) is 5.32 Å². The van der Waals surface area contributed by atoms with Crippen molar-refractivity contribution in [3.63, 3.8) is 0 Å². The van der Waals surface area contributed by atoms with Gasteiger partial charge in [0, 0.05) is 12.6 Å². The van der Waals surface area contributed by atoms with Crippen molar-refractivity contribution in [2.45, 2.75) is 42.8 Å². The molecule has 0 saturated heterocycles. The summed E-state index contributed by atoms with van der Waals surface area (Å²) < 4.78 is 62.2. The summed E-state index contributed by atoms with van der Waals surface area (Å²) in [6.07, 6.45) is -1.76. The first kappa shape index (κ1) is 24.3. The van der Waals surface area contributed by atoms with Crippen molar-refractivity contribution in [2.75, 3.05) is 11.9 Å². The van der Waals surface area contributed by atoms with Crippen LogP contribution in [0.1, 0.15) is 41.6 Å². The average Bonchev–Trinajstić information content (AvgIpc) is 2.72. The predicted molar refractivity (Wildman–Crippen MR) is 116 cm³/mol. The van der Waals surface area contributed by atoms with Crippen LogP contribution in [-0.2, 0) is 16.2 Å². The Kier molecular flexibility index (Phi) is 7.36. The quantitative estimate of drug-likeness (QED) is 0.559. The molecule has 2 aromatic rings. The number of halogens is 4. The summed E-state index contributed by atoms with van der Waals surface area (Å²) in [7, 11) is -3.84. The second-order valence-electron chi connectivity index (χ2n) is 7.81. The fourth-order valence-corrected chi connectivity index (χ4v) is 4.68. The highest BCUT2D eigenvalue weighted by molar-refractivity contribution is 7.89. The van der Waals surface area contributed by atoms with E-state index in [1.54, 1.807) is 18.2 Å². The molecule has 0 spiro atoms. The van der Waals surface area contributed by atoms with E-state index in [0.717, 1.165) is 31.0 Å². The molecule has 3 rings (SSSR count). The molecule has 1 aliphatic rings. The number of nitrogens with one attached hydrogen (secondary N) is 2. The first-order valence-electron chi connectivity index (χ1n) is 9.98. The molecule has 0 bridgehead atoms. The van der Waals surface area contributed by atoms with E-state index in [4.69, 9.17) is 16.7 Å². The van der Waals surface area contributed by atoms with Gasteiger partial charge in [0.15, 0.2) is 0 Å². The lowest BCUT2D eigenvalue weighted by Gasteiger charge is -2.29. The molecule has 2 aromatic carbocycles. The molecule has 11 heteroatoms. The topological polar surface area (TPSA) is 101 Å². The van der Waals surface area contributed by atoms with Crippen LogP contribution in [0.15, 0.2) is 47.4 Å². The molecule has 4 N–H and O–H groups in total. The molecule has 1 saturated carbocycles. The zero-order valence-electron chi connectivity index (χ0n) is 17.0. The van der Waals surface area contributed by atoms with Gasteiger partial charge in [0.25, 0.3) is 5.91 Å².